The Bertz CT molecular complexity index is 419. The number of hydrogen-bond donors (Lipinski definition) is 1. The number of rotatable bonds is 2. The first kappa shape index (κ1) is 12.3. The summed E-state index contributed by atoms with van der Waals surface area (Å²) in [5.41, 5.74) is 1.19. The molecule has 0 amide bonds. The molecule has 4 heteroatoms. The molecule has 1 aliphatic rings. The van der Waals surface area contributed by atoms with Crippen molar-refractivity contribution in [1.82, 2.24) is 5.32 Å². The van der Waals surface area contributed by atoms with Crippen molar-refractivity contribution in [2.75, 3.05) is 5.75 Å². The maximum atomic E-state index is 11.9. The topological polar surface area (TPSA) is 29.1 Å². The second kappa shape index (κ2) is 4.98. The third-order valence-corrected chi connectivity index (χ3v) is 4.68. The fraction of sp³-hybridized carbons (Fsp3) is 0.500. The van der Waals surface area contributed by atoms with E-state index in [9.17, 15) is 4.21 Å². The molecule has 0 fully saturated rings. The highest BCUT2D eigenvalue weighted by molar-refractivity contribution is 9.10. The summed E-state index contributed by atoms with van der Waals surface area (Å²) in [6, 6.07) is 6.82. The lowest BCUT2D eigenvalue weighted by molar-refractivity contribution is 0.456. The van der Waals surface area contributed by atoms with Gasteiger partial charge in [0.1, 0.15) is 0 Å². The van der Waals surface area contributed by atoms with E-state index in [1.807, 2.05) is 12.1 Å². The zero-order chi connectivity index (χ0) is 11.7. The average molecular weight is 302 g/mol. The average Bonchev–Trinajstić information content (AvgIpc) is 2.22. The number of nitrogens with one attached hydrogen (secondary N) is 1. The Kier molecular flexibility index (Phi) is 3.82. The lowest BCUT2D eigenvalue weighted by atomic mass is 10.0. The summed E-state index contributed by atoms with van der Waals surface area (Å²) >= 11 is 3.48. The van der Waals surface area contributed by atoms with Gasteiger partial charge < -0.3 is 5.32 Å². The molecule has 0 aliphatic carbocycles. The monoisotopic (exact) mass is 301 g/mol. The number of hydrogen-bond acceptors (Lipinski definition) is 2. The Morgan fingerprint density at radius 2 is 2.25 bits per heavy atom. The molecular formula is C12H16BrNOS. The van der Waals surface area contributed by atoms with Crippen LogP contribution >= 0.6 is 15.9 Å². The van der Waals surface area contributed by atoms with Crippen molar-refractivity contribution in [3.63, 3.8) is 0 Å². The highest BCUT2D eigenvalue weighted by Gasteiger charge is 2.25. The van der Waals surface area contributed by atoms with Crippen molar-refractivity contribution < 1.29 is 4.21 Å². The highest BCUT2D eigenvalue weighted by Crippen LogP contribution is 2.32. The van der Waals surface area contributed by atoms with Crippen LogP contribution in [0, 0.1) is 0 Å². The van der Waals surface area contributed by atoms with Gasteiger partial charge in [-0.25, -0.2) is 0 Å². The second-order valence-electron chi connectivity index (χ2n) is 4.39. The fourth-order valence-electron chi connectivity index (χ4n) is 2.06. The zero-order valence-electron chi connectivity index (χ0n) is 9.50. The van der Waals surface area contributed by atoms with Crippen LogP contribution in [0.2, 0.25) is 0 Å². The van der Waals surface area contributed by atoms with E-state index in [4.69, 9.17) is 0 Å². The van der Waals surface area contributed by atoms with Gasteiger partial charge in [0, 0.05) is 27.2 Å². The van der Waals surface area contributed by atoms with E-state index >= 15 is 0 Å². The number of benzene rings is 1. The summed E-state index contributed by atoms with van der Waals surface area (Å²) in [4.78, 5) is 0.993. The SMILES string of the molecule is CC(C)NC1CCS(=O)c2ccc(Br)cc21. The third-order valence-electron chi connectivity index (χ3n) is 2.72. The third kappa shape index (κ3) is 2.55. The number of halogens is 1. The van der Waals surface area contributed by atoms with E-state index < -0.39 is 10.8 Å². The van der Waals surface area contributed by atoms with Gasteiger partial charge in [0.05, 0.1) is 10.8 Å². The van der Waals surface area contributed by atoms with Crippen LogP contribution in [0.3, 0.4) is 0 Å². The molecule has 2 unspecified atom stereocenters. The molecule has 16 heavy (non-hydrogen) atoms. The first-order valence-electron chi connectivity index (χ1n) is 5.52. The van der Waals surface area contributed by atoms with E-state index in [0.29, 0.717) is 12.1 Å². The summed E-state index contributed by atoms with van der Waals surface area (Å²) in [6.45, 7) is 4.28. The molecule has 2 rings (SSSR count). The van der Waals surface area contributed by atoms with Gasteiger partial charge in [-0.3, -0.25) is 4.21 Å². The Morgan fingerprint density at radius 1 is 1.50 bits per heavy atom. The zero-order valence-corrected chi connectivity index (χ0v) is 11.9. The van der Waals surface area contributed by atoms with Gasteiger partial charge in [0.2, 0.25) is 0 Å². The Balaban J connectivity index is 2.38. The molecule has 0 saturated carbocycles. The van der Waals surface area contributed by atoms with Gasteiger partial charge in [-0.05, 0) is 30.2 Å². The summed E-state index contributed by atoms with van der Waals surface area (Å²) in [5, 5.41) is 3.53. The van der Waals surface area contributed by atoms with E-state index in [2.05, 4.69) is 41.2 Å². The molecular weight excluding hydrogens is 286 g/mol. The smallest absolute Gasteiger partial charge is 0.0533 e. The summed E-state index contributed by atoms with van der Waals surface area (Å²) in [5.74, 6) is 0.763. The van der Waals surface area contributed by atoms with Crippen molar-refractivity contribution in [1.29, 1.82) is 0 Å². The summed E-state index contributed by atoms with van der Waals surface area (Å²) in [7, 11) is -0.820. The molecule has 0 bridgehead atoms. The minimum atomic E-state index is -0.820. The predicted octanol–water partition coefficient (Wildman–Crippen LogP) is 3.00. The van der Waals surface area contributed by atoms with Gasteiger partial charge in [-0.15, -0.1) is 0 Å². The van der Waals surface area contributed by atoms with Crippen LogP contribution in [-0.2, 0) is 10.8 Å². The van der Waals surface area contributed by atoms with Crippen LogP contribution < -0.4 is 5.32 Å². The molecule has 2 nitrogen and oxygen atoms in total. The Labute approximate surface area is 107 Å². The predicted molar refractivity (Wildman–Crippen MR) is 71.0 cm³/mol. The van der Waals surface area contributed by atoms with Crippen molar-refractivity contribution in [2.45, 2.75) is 37.2 Å². The van der Waals surface area contributed by atoms with E-state index in [1.54, 1.807) is 0 Å². The normalized spacial score (nSPS) is 24.5. The first-order chi connectivity index (χ1) is 7.58. The van der Waals surface area contributed by atoms with Gasteiger partial charge in [-0.2, -0.15) is 0 Å². The van der Waals surface area contributed by atoms with Crippen LogP contribution in [0.25, 0.3) is 0 Å². The van der Waals surface area contributed by atoms with Crippen molar-refractivity contribution in [2.24, 2.45) is 0 Å². The summed E-state index contributed by atoms with van der Waals surface area (Å²) in [6.07, 6.45) is 0.953. The van der Waals surface area contributed by atoms with Crippen LogP contribution in [-0.4, -0.2) is 16.0 Å². The van der Waals surface area contributed by atoms with Gasteiger partial charge in [0.25, 0.3) is 0 Å². The van der Waals surface area contributed by atoms with E-state index in [1.165, 1.54) is 5.56 Å². The first-order valence-corrected chi connectivity index (χ1v) is 7.63. The maximum Gasteiger partial charge on any atom is 0.0533 e. The van der Waals surface area contributed by atoms with Crippen molar-refractivity contribution >= 4 is 26.7 Å². The molecule has 0 spiro atoms. The molecule has 0 aromatic heterocycles. The second-order valence-corrected chi connectivity index (χ2v) is 6.85. The van der Waals surface area contributed by atoms with Gasteiger partial charge in [-0.1, -0.05) is 29.8 Å². The molecule has 1 heterocycles. The highest BCUT2D eigenvalue weighted by atomic mass is 79.9. The standard InChI is InChI=1S/C12H16BrNOS/c1-8(2)14-11-5-6-16(15)12-4-3-9(13)7-10(11)12/h3-4,7-8,11,14H,5-6H2,1-2H3. The van der Waals surface area contributed by atoms with E-state index in [0.717, 1.165) is 21.5 Å². The fourth-order valence-corrected chi connectivity index (χ4v) is 3.80. The minimum absolute atomic E-state index is 0.338. The van der Waals surface area contributed by atoms with Crippen LogP contribution in [0.5, 0.6) is 0 Å². The quantitative estimate of drug-likeness (QED) is 0.910. The van der Waals surface area contributed by atoms with Crippen LogP contribution in [0.1, 0.15) is 31.9 Å². The maximum absolute atomic E-state index is 11.9. The van der Waals surface area contributed by atoms with Gasteiger partial charge >= 0.3 is 0 Å². The lowest BCUT2D eigenvalue weighted by Gasteiger charge is -2.27. The largest absolute Gasteiger partial charge is 0.308 e. The molecule has 2 atom stereocenters. The molecule has 88 valence electrons. The molecule has 1 aromatic carbocycles. The molecule has 1 N–H and O–H groups in total. The van der Waals surface area contributed by atoms with Crippen molar-refractivity contribution in [3.05, 3.63) is 28.2 Å². The van der Waals surface area contributed by atoms with Gasteiger partial charge in [0.15, 0.2) is 0 Å². The van der Waals surface area contributed by atoms with Crippen molar-refractivity contribution in [3.8, 4) is 0 Å². The minimum Gasteiger partial charge on any atom is -0.308 e. The number of fused-ring (bicyclic) bond motifs is 1. The molecule has 1 aliphatic heterocycles. The van der Waals surface area contributed by atoms with E-state index in [-0.39, 0.29) is 0 Å². The molecule has 0 radical (unpaired) electrons. The molecule has 1 aromatic rings. The van der Waals surface area contributed by atoms with Crippen LogP contribution in [0.4, 0.5) is 0 Å². The Morgan fingerprint density at radius 3 is 2.94 bits per heavy atom. The molecule has 0 saturated heterocycles. The Hall–Kier alpha value is -0.190. The lowest BCUT2D eigenvalue weighted by Crippen LogP contribution is -2.32. The van der Waals surface area contributed by atoms with Crippen LogP contribution in [0.15, 0.2) is 27.6 Å². The summed E-state index contributed by atoms with van der Waals surface area (Å²) < 4.78 is 13.0.